The van der Waals surface area contributed by atoms with Gasteiger partial charge in [0.15, 0.2) is 6.10 Å². The first-order chi connectivity index (χ1) is 16.7. The molecule has 0 aromatic heterocycles. The quantitative estimate of drug-likeness (QED) is 0.472. The van der Waals surface area contributed by atoms with Gasteiger partial charge in [-0.3, -0.25) is 4.79 Å². The van der Waals surface area contributed by atoms with Gasteiger partial charge in [0.1, 0.15) is 5.75 Å². The summed E-state index contributed by atoms with van der Waals surface area (Å²) in [5, 5.41) is 2.96. The lowest BCUT2D eigenvalue weighted by molar-refractivity contribution is -0.137. The Bertz CT molecular complexity index is 1170. The second-order valence-corrected chi connectivity index (χ2v) is 8.47. The van der Waals surface area contributed by atoms with E-state index in [1.807, 2.05) is 37.3 Å². The maximum atomic E-state index is 13.0. The number of amides is 1. The van der Waals surface area contributed by atoms with Crippen molar-refractivity contribution in [3.63, 3.8) is 0 Å². The van der Waals surface area contributed by atoms with Crippen molar-refractivity contribution >= 4 is 17.3 Å². The first-order valence-electron chi connectivity index (χ1n) is 11.4. The number of carbonyl (C=O) groups is 1. The van der Waals surface area contributed by atoms with E-state index in [1.165, 1.54) is 12.1 Å². The van der Waals surface area contributed by atoms with Crippen LogP contribution in [0.15, 0.2) is 66.7 Å². The summed E-state index contributed by atoms with van der Waals surface area (Å²) in [6.45, 7) is 6.09. The molecule has 184 valence electrons. The molecule has 3 aromatic carbocycles. The molecule has 0 radical (unpaired) electrons. The molecule has 1 aliphatic rings. The van der Waals surface area contributed by atoms with Crippen molar-refractivity contribution in [1.29, 1.82) is 0 Å². The van der Waals surface area contributed by atoms with Crippen LogP contribution in [0.25, 0.3) is 11.1 Å². The van der Waals surface area contributed by atoms with E-state index in [4.69, 9.17) is 9.47 Å². The molecular formula is C27H27F3N2O3. The van der Waals surface area contributed by atoms with Crippen LogP contribution in [0.2, 0.25) is 0 Å². The molecule has 1 aliphatic heterocycles. The molecule has 0 spiro atoms. The zero-order valence-electron chi connectivity index (χ0n) is 19.6. The summed E-state index contributed by atoms with van der Waals surface area (Å²) in [4.78, 5) is 15.1. The monoisotopic (exact) mass is 484 g/mol. The fourth-order valence-corrected chi connectivity index (χ4v) is 3.93. The van der Waals surface area contributed by atoms with Crippen LogP contribution >= 0.6 is 0 Å². The number of nitrogens with one attached hydrogen (secondary N) is 1. The maximum absolute atomic E-state index is 13.0. The second-order valence-electron chi connectivity index (χ2n) is 8.47. The van der Waals surface area contributed by atoms with Gasteiger partial charge in [-0.25, -0.2) is 0 Å². The lowest BCUT2D eigenvalue weighted by Crippen LogP contribution is -2.37. The number of halogens is 3. The molecule has 0 aliphatic carbocycles. The summed E-state index contributed by atoms with van der Waals surface area (Å²) in [5.74, 6) is 0.269. The minimum Gasteiger partial charge on any atom is -0.481 e. The van der Waals surface area contributed by atoms with E-state index in [0.717, 1.165) is 23.4 Å². The van der Waals surface area contributed by atoms with Crippen LogP contribution < -0.4 is 15.0 Å². The topological polar surface area (TPSA) is 50.8 Å². The van der Waals surface area contributed by atoms with Gasteiger partial charge in [-0.15, -0.1) is 0 Å². The van der Waals surface area contributed by atoms with Gasteiger partial charge in [-0.05, 0) is 66.9 Å². The van der Waals surface area contributed by atoms with E-state index in [2.05, 4.69) is 10.2 Å². The number of alkyl halides is 3. The zero-order chi connectivity index (χ0) is 25.0. The maximum Gasteiger partial charge on any atom is 0.416 e. The van der Waals surface area contributed by atoms with Gasteiger partial charge in [0.05, 0.1) is 30.2 Å². The Kier molecular flexibility index (Phi) is 7.31. The standard InChI is InChI=1S/C27H27F3N2O3/c1-18-4-3-5-23(16-18)35-19(2)26(33)31-24-17-21(8-11-25(24)32-12-14-34-15-13-32)20-6-9-22(10-7-20)27(28,29)30/h3-11,16-17,19H,12-15H2,1-2H3,(H,31,33). The zero-order valence-corrected chi connectivity index (χ0v) is 19.6. The number of carbonyl (C=O) groups excluding carboxylic acids is 1. The number of rotatable bonds is 6. The molecule has 5 nitrogen and oxygen atoms in total. The van der Waals surface area contributed by atoms with Crippen molar-refractivity contribution in [3.05, 3.63) is 77.9 Å². The van der Waals surface area contributed by atoms with Gasteiger partial charge in [-0.2, -0.15) is 13.2 Å². The SMILES string of the molecule is Cc1cccc(OC(C)C(=O)Nc2cc(-c3ccc(C(F)(F)F)cc3)ccc2N2CCOCC2)c1. The van der Waals surface area contributed by atoms with Crippen LogP contribution in [-0.4, -0.2) is 38.3 Å². The second kappa shape index (κ2) is 10.4. The predicted octanol–water partition coefficient (Wildman–Crippen LogP) is 5.92. The number of hydrogen-bond donors (Lipinski definition) is 1. The van der Waals surface area contributed by atoms with Gasteiger partial charge < -0.3 is 19.7 Å². The number of anilines is 2. The minimum atomic E-state index is -4.40. The molecule has 1 heterocycles. The number of hydrogen-bond acceptors (Lipinski definition) is 4. The number of nitrogens with zero attached hydrogens (tertiary/aromatic N) is 1. The van der Waals surface area contributed by atoms with Gasteiger partial charge in [0, 0.05) is 13.1 Å². The third kappa shape index (κ3) is 6.14. The molecule has 1 atom stereocenters. The fourth-order valence-electron chi connectivity index (χ4n) is 3.93. The molecule has 1 fully saturated rings. The highest BCUT2D eigenvalue weighted by molar-refractivity contribution is 5.98. The third-order valence-corrected chi connectivity index (χ3v) is 5.82. The van der Waals surface area contributed by atoms with Gasteiger partial charge >= 0.3 is 6.18 Å². The van der Waals surface area contributed by atoms with Crippen LogP contribution in [0.4, 0.5) is 24.5 Å². The van der Waals surface area contributed by atoms with Crippen LogP contribution in [0, 0.1) is 6.92 Å². The number of aryl methyl sites for hydroxylation is 1. The normalized spacial score (nSPS) is 14.9. The van der Waals surface area contributed by atoms with E-state index in [9.17, 15) is 18.0 Å². The first-order valence-corrected chi connectivity index (χ1v) is 11.4. The summed E-state index contributed by atoms with van der Waals surface area (Å²) in [5.41, 5.74) is 3.01. The van der Waals surface area contributed by atoms with Crippen LogP contribution in [0.5, 0.6) is 5.75 Å². The number of ether oxygens (including phenoxy) is 2. The van der Waals surface area contributed by atoms with Gasteiger partial charge in [-0.1, -0.05) is 30.3 Å². The number of benzene rings is 3. The molecule has 35 heavy (non-hydrogen) atoms. The number of morpholine rings is 1. The van der Waals surface area contributed by atoms with Gasteiger partial charge in [0.2, 0.25) is 0 Å². The molecule has 0 saturated carbocycles. The largest absolute Gasteiger partial charge is 0.481 e. The van der Waals surface area contributed by atoms with Crippen LogP contribution in [-0.2, 0) is 15.7 Å². The van der Waals surface area contributed by atoms with Gasteiger partial charge in [0.25, 0.3) is 5.91 Å². The first kappa shape index (κ1) is 24.6. The van der Waals surface area contributed by atoms with Crippen molar-refractivity contribution in [2.24, 2.45) is 0 Å². The third-order valence-electron chi connectivity index (χ3n) is 5.82. The molecule has 1 amide bonds. The van der Waals surface area contributed by atoms with Crippen LogP contribution in [0.3, 0.4) is 0 Å². The van der Waals surface area contributed by atoms with Crippen molar-refractivity contribution in [3.8, 4) is 16.9 Å². The van der Waals surface area contributed by atoms with Crippen molar-refractivity contribution in [2.45, 2.75) is 26.1 Å². The Morgan fingerprint density at radius 2 is 1.69 bits per heavy atom. The van der Waals surface area contributed by atoms with Crippen LogP contribution in [0.1, 0.15) is 18.1 Å². The minimum absolute atomic E-state index is 0.328. The Labute approximate surface area is 202 Å². The molecule has 1 saturated heterocycles. The van der Waals surface area contributed by atoms with Crippen molar-refractivity contribution in [2.75, 3.05) is 36.5 Å². The smallest absolute Gasteiger partial charge is 0.416 e. The Morgan fingerprint density at radius 3 is 2.34 bits per heavy atom. The molecule has 1 N–H and O–H groups in total. The molecule has 8 heteroatoms. The highest BCUT2D eigenvalue weighted by Crippen LogP contribution is 2.35. The fraction of sp³-hybridized carbons (Fsp3) is 0.296. The summed E-state index contributed by atoms with van der Waals surface area (Å²) in [7, 11) is 0. The average Bonchev–Trinajstić information content (AvgIpc) is 2.84. The Hall–Kier alpha value is -3.52. The van der Waals surface area contributed by atoms with E-state index < -0.39 is 17.8 Å². The lowest BCUT2D eigenvalue weighted by Gasteiger charge is -2.31. The summed E-state index contributed by atoms with van der Waals surface area (Å²) in [6.07, 6.45) is -5.16. The van der Waals surface area contributed by atoms with E-state index >= 15 is 0 Å². The Balaban J connectivity index is 1.60. The Morgan fingerprint density at radius 1 is 1.00 bits per heavy atom. The van der Waals surface area contributed by atoms with E-state index in [0.29, 0.717) is 48.9 Å². The van der Waals surface area contributed by atoms with E-state index in [1.54, 1.807) is 19.1 Å². The molecule has 1 unspecified atom stereocenters. The highest BCUT2D eigenvalue weighted by Gasteiger charge is 2.30. The highest BCUT2D eigenvalue weighted by atomic mass is 19.4. The molecule has 4 rings (SSSR count). The summed E-state index contributed by atoms with van der Waals surface area (Å²) in [6, 6.07) is 17.9. The van der Waals surface area contributed by atoms with Crippen molar-refractivity contribution in [1.82, 2.24) is 0 Å². The summed E-state index contributed by atoms with van der Waals surface area (Å²) < 4.78 is 50.2. The lowest BCUT2D eigenvalue weighted by atomic mass is 10.0. The summed E-state index contributed by atoms with van der Waals surface area (Å²) >= 11 is 0. The molecule has 3 aromatic rings. The average molecular weight is 485 g/mol. The van der Waals surface area contributed by atoms with E-state index in [-0.39, 0.29) is 5.91 Å². The molecular weight excluding hydrogens is 457 g/mol. The molecule has 0 bridgehead atoms. The predicted molar refractivity (Wildman–Crippen MR) is 130 cm³/mol. The van der Waals surface area contributed by atoms with Crippen molar-refractivity contribution < 1.29 is 27.4 Å².